The highest BCUT2D eigenvalue weighted by Gasteiger charge is 2.30. The standard InChI is InChI=1S/C16H22ClNO3/c17-13-5-3-6-14(10-13)21-9-8-18-11-12-4-1-2-7-15(12)16(19)20/h3,5-6,10,12,15,18H,1-2,4,7-9,11H2,(H,19,20). The third kappa shape index (κ3) is 5.21. The Labute approximate surface area is 130 Å². The summed E-state index contributed by atoms with van der Waals surface area (Å²) < 4.78 is 5.59. The van der Waals surface area contributed by atoms with Gasteiger partial charge in [-0.1, -0.05) is 30.5 Å². The Hall–Kier alpha value is -1.26. The maximum Gasteiger partial charge on any atom is 0.306 e. The molecule has 0 bridgehead atoms. The lowest BCUT2D eigenvalue weighted by atomic mass is 9.79. The first kappa shape index (κ1) is 16.1. The van der Waals surface area contributed by atoms with Crippen LogP contribution in [-0.4, -0.2) is 30.8 Å². The first-order valence-corrected chi connectivity index (χ1v) is 7.86. The summed E-state index contributed by atoms with van der Waals surface area (Å²) in [6.07, 6.45) is 3.97. The van der Waals surface area contributed by atoms with Crippen LogP contribution in [0, 0.1) is 11.8 Å². The van der Waals surface area contributed by atoms with Gasteiger partial charge < -0.3 is 15.2 Å². The third-order valence-corrected chi connectivity index (χ3v) is 4.21. The van der Waals surface area contributed by atoms with E-state index in [1.807, 2.05) is 18.2 Å². The van der Waals surface area contributed by atoms with Crippen LogP contribution in [0.2, 0.25) is 5.02 Å². The van der Waals surface area contributed by atoms with Crippen molar-refractivity contribution in [2.24, 2.45) is 11.8 Å². The summed E-state index contributed by atoms with van der Waals surface area (Å²) in [6, 6.07) is 7.31. The highest BCUT2D eigenvalue weighted by atomic mass is 35.5. The molecule has 5 heteroatoms. The molecule has 1 aromatic rings. The minimum Gasteiger partial charge on any atom is -0.492 e. The molecule has 116 valence electrons. The van der Waals surface area contributed by atoms with E-state index in [0.717, 1.165) is 38.0 Å². The van der Waals surface area contributed by atoms with Crippen LogP contribution in [0.15, 0.2) is 24.3 Å². The molecule has 21 heavy (non-hydrogen) atoms. The van der Waals surface area contributed by atoms with Crippen LogP contribution in [0.3, 0.4) is 0 Å². The van der Waals surface area contributed by atoms with Crippen molar-refractivity contribution in [3.63, 3.8) is 0 Å². The molecule has 0 aliphatic heterocycles. The largest absolute Gasteiger partial charge is 0.492 e. The van der Waals surface area contributed by atoms with Gasteiger partial charge in [-0.3, -0.25) is 4.79 Å². The number of carboxylic acid groups (broad SMARTS) is 1. The average molecular weight is 312 g/mol. The zero-order valence-corrected chi connectivity index (χ0v) is 12.8. The molecule has 0 aromatic heterocycles. The number of ether oxygens (including phenoxy) is 1. The summed E-state index contributed by atoms with van der Waals surface area (Å²) in [7, 11) is 0. The summed E-state index contributed by atoms with van der Waals surface area (Å²) in [5, 5.41) is 13.2. The number of carboxylic acids is 1. The fourth-order valence-electron chi connectivity index (χ4n) is 2.86. The molecule has 0 radical (unpaired) electrons. The molecule has 2 N–H and O–H groups in total. The summed E-state index contributed by atoms with van der Waals surface area (Å²) in [4.78, 5) is 11.2. The van der Waals surface area contributed by atoms with Gasteiger partial charge in [-0.05, 0) is 43.5 Å². The number of hydrogen-bond donors (Lipinski definition) is 2. The quantitative estimate of drug-likeness (QED) is 0.759. The van der Waals surface area contributed by atoms with Gasteiger partial charge in [-0.25, -0.2) is 0 Å². The fourth-order valence-corrected chi connectivity index (χ4v) is 3.04. The maximum atomic E-state index is 11.2. The van der Waals surface area contributed by atoms with Crippen LogP contribution in [0.4, 0.5) is 0 Å². The van der Waals surface area contributed by atoms with Crippen molar-refractivity contribution in [1.29, 1.82) is 0 Å². The molecule has 2 unspecified atom stereocenters. The smallest absolute Gasteiger partial charge is 0.306 e. The number of carbonyl (C=O) groups is 1. The zero-order valence-electron chi connectivity index (χ0n) is 12.1. The van der Waals surface area contributed by atoms with Crippen molar-refractivity contribution in [1.82, 2.24) is 5.32 Å². The van der Waals surface area contributed by atoms with Crippen molar-refractivity contribution >= 4 is 17.6 Å². The molecule has 1 saturated carbocycles. The molecule has 2 rings (SSSR count). The second-order valence-electron chi connectivity index (χ2n) is 5.50. The SMILES string of the molecule is O=C(O)C1CCCCC1CNCCOc1cccc(Cl)c1. The van der Waals surface area contributed by atoms with Crippen molar-refractivity contribution < 1.29 is 14.6 Å². The predicted molar refractivity (Wildman–Crippen MR) is 82.9 cm³/mol. The van der Waals surface area contributed by atoms with Gasteiger partial charge in [0.05, 0.1) is 5.92 Å². The van der Waals surface area contributed by atoms with E-state index in [1.54, 1.807) is 6.07 Å². The Morgan fingerprint density at radius 2 is 2.19 bits per heavy atom. The number of halogens is 1. The van der Waals surface area contributed by atoms with Crippen LogP contribution in [-0.2, 0) is 4.79 Å². The van der Waals surface area contributed by atoms with E-state index >= 15 is 0 Å². The summed E-state index contributed by atoms with van der Waals surface area (Å²) in [6.45, 7) is 2.00. The summed E-state index contributed by atoms with van der Waals surface area (Å²) >= 11 is 5.88. The van der Waals surface area contributed by atoms with Crippen molar-refractivity contribution in [3.8, 4) is 5.75 Å². The highest BCUT2D eigenvalue weighted by molar-refractivity contribution is 6.30. The van der Waals surface area contributed by atoms with E-state index in [-0.39, 0.29) is 11.8 Å². The van der Waals surface area contributed by atoms with Gasteiger partial charge in [0.25, 0.3) is 0 Å². The van der Waals surface area contributed by atoms with Gasteiger partial charge in [0.15, 0.2) is 0 Å². The number of hydrogen-bond acceptors (Lipinski definition) is 3. The van der Waals surface area contributed by atoms with E-state index < -0.39 is 5.97 Å². The first-order chi connectivity index (χ1) is 10.2. The topological polar surface area (TPSA) is 58.6 Å². The van der Waals surface area contributed by atoms with Crippen molar-refractivity contribution in [2.45, 2.75) is 25.7 Å². The molecule has 1 aliphatic carbocycles. The Bertz CT molecular complexity index is 467. The Morgan fingerprint density at radius 3 is 2.95 bits per heavy atom. The average Bonchev–Trinajstić information content (AvgIpc) is 2.47. The molecular weight excluding hydrogens is 290 g/mol. The van der Waals surface area contributed by atoms with Crippen molar-refractivity contribution in [2.75, 3.05) is 19.7 Å². The molecule has 2 atom stereocenters. The molecule has 1 fully saturated rings. The molecule has 0 spiro atoms. The Kier molecular flexibility index (Phi) is 6.33. The van der Waals surface area contributed by atoms with Crippen LogP contribution >= 0.6 is 11.6 Å². The van der Waals surface area contributed by atoms with Gasteiger partial charge in [0.1, 0.15) is 12.4 Å². The van der Waals surface area contributed by atoms with Crippen LogP contribution in [0.5, 0.6) is 5.75 Å². The van der Waals surface area contributed by atoms with Crippen LogP contribution < -0.4 is 10.1 Å². The monoisotopic (exact) mass is 311 g/mol. The molecular formula is C16H22ClNO3. The van der Waals surface area contributed by atoms with E-state index in [0.29, 0.717) is 18.2 Å². The number of benzene rings is 1. The lowest BCUT2D eigenvalue weighted by molar-refractivity contribution is -0.144. The van der Waals surface area contributed by atoms with E-state index in [1.165, 1.54) is 0 Å². The first-order valence-electron chi connectivity index (χ1n) is 7.48. The lowest BCUT2D eigenvalue weighted by Gasteiger charge is -2.28. The molecule has 1 aromatic carbocycles. The second kappa shape index (κ2) is 8.25. The summed E-state index contributed by atoms with van der Waals surface area (Å²) in [5.41, 5.74) is 0. The van der Waals surface area contributed by atoms with Gasteiger partial charge >= 0.3 is 5.97 Å². The fraction of sp³-hybridized carbons (Fsp3) is 0.562. The third-order valence-electron chi connectivity index (χ3n) is 3.98. The van der Waals surface area contributed by atoms with E-state index in [4.69, 9.17) is 16.3 Å². The predicted octanol–water partition coefficient (Wildman–Crippen LogP) is 3.20. The second-order valence-corrected chi connectivity index (χ2v) is 5.94. The number of rotatable bonds is 7. The highest BCUT2D eigenvalue weighted by Crippen LogP contribution is 2.29. The normalized spacial score (nSPS) is 22.0. The van der Waals surface area contributed by atoms with Crippen LogP contribution in [0.1, 0.15) is 25.7 Å². The molecule has 1 aliphatic rings. The van der Waals surface area contributed by atoms with Gasteiger partial charge in [0.2, 0.25) is 0 Å². The minimum atomic E-state index is -0.656. The van der Waals surface area contributed by atoms with Crippen molar-refractivity contribution in [3.05, 3.63) is 29.3 Å². The van der Waals surface area contributed by atoms with Gasteiger partial charge in [-0.15, -0.1) is 0 Å². The summed E-state index contributed by atoms with van der Waals surface area (Å²) in [5.74, 6) is 0.143. The molecule has 0 amide bonds. The molecule has 4 nitrogen and oxygen atoms in total. The lowest BCUT2D eigenvalue weighted by Crippen LogP contribution is -2.36. The number of aliphatic carboxylic acids is 1. The zero-order chi connectivity index (χ0) is 15.1. The van der Waals surface area contributed by atoms with Gasteiger partial charge in [-0.2, -0.15) is 0 Å². The molecule has 0 saturated heterocycles. The Morgan fingerprint density at radius 1 is 1.38 bits per heavy atom. The van der Waals surface area contributed by atoms with E-state index in [2.05, 4.69) is 5.32 Å². The number of nitrogens with one attached hydrogen (secondary N) is 1. The maximum absolute atomic E-state index is 11.2. The van der Waals surface area contributed by atoms with Crippen LogP contribution in [0.25, 0.3) is 0 Å². The molecule has 0 heterocycles. The van der Waals surface area contributed by atoms with Gasteiger partial charge in [0, 0.05) is 11.6 Å². The minimum absolute atomic E-state index is 0.194. The van der Waals surface area contributed by atoms with E-state index in [9.17, 15) is 9.90 Å². The Balaban J connectivity index is 1.66.